The quantitative estimate of drug-likeness (QED) is 0.374. The molecule has 0 saturated carbocycles. The lowest BCUT2D eigenvalue weighted by Gasteiger charge is -2.06. The van der Waals surface area contributed by atoms with Crippen molar-refractivity contribution >= 4 is 33.2 Å². The Bertz CT molecular complexity index is 1140. The van der Waals surface area contributed by atoms with Crippen LogP contribution in [0.4, 0.5) is 5.69 Å². The van der Waals surface area contributed by atoms with Crippen LogP contribution in [-0.2, 0) is 6.61 Å². The van der Waals surface area contributed by atoms with Crippen molar-refractivity contribution in [1.82, 2.24) is 10.1 Å². The van der Waals surface area contributed by atoms with Gasteiger partial charge in [-0.1, -0.05) is 44.8 Å². The van der Waals surface area contributed by atoms with Crippen LogP contribution < -0.4 is 10.5 Å². The van der Waals surface area contributed by atoms with Crippen LogP contribution in [0.25, 0.3) is 23.0 Å². The second-order valence-electron chi connectivity index (χ2n) is 6.07. The van der Waals surface area contributed by atoms with Gasteiger partial charge in [0, 0.05) is 15.7 Å². The molecule has 28 heavy (non-hydrogen) atoms. The average molecular weight is 461 g/mol. The van der Waals surface area contributed by atoms with Gasteiger partial charge in [0.05, 0.1) is 5.02 Å². The van der Waals surface area contributed by atoms with Gasteiger partial charge >= 0.3 is 0 Å². The number of anilines is 1. The maximum atomic E-state index is 6.15. The number of hydrogen-bond donors (Lipinski definition) is 1. The molecule has 142 valence electrons. The first kappa shape index (κ1) is 18.6. The number of furan rings is 1. The van der Waals surface area contributed by atoms with E-state index in [0.29, 0.717) is 33.8 Å². The van der Waals surface area contributed by atoms with E-state index < -0.39 is 0 Å². The van der Waals surface area contributed by atoms with Gasteiger partial charge in [0.1, 0.15) is 18.1 Å². The van der Waals surface area contributed by atoms with E-state index in [4.69, 9.17) is 31.0 Å². The van der Waals surface area contributed by atoms with Gasteiger partial charge in [-0.2, -0.15) is 4.98 Å². The lowest BCUT2D eigenvalue weighted by molar-refractivity contribution is 0.270. The van der Waals surface area contributed by atoms with Gasteiger partial charge in [0.15, 0.2) is 5.76 Å². The van der Waals surface area contributed by atoms with Crippen molar-refractivity contribution in [2.24, 2.45) is 0 Å². The SMILES string of the molecule is Cc1c(N)cccc1-c1noc(-c2ccc(COc3ccc(Br)cc3Cl)o2)n1. The zero-order chi connectivity index (χ0) is 19.7. The highest BCUT2D eigenvalue weighted by molar-refractivity contribution is 9.10. The number of nitrogen functional groups attached to an aromatic ring is 1. The van der Waals surface area contributed by atoms with Crippen molar-refractivity contribution < 1.29 is 13.7 Å². The van der Waals surface area contributed by atoms with E-state index in [1.54, 1.807) is 24.3 Å². The highest BCUT2D eigenvalue weighted by Crippen LogP contribution is 2.30. The first-order valence-corrected chi connectivity index (χ1v) is 9.54. The minimum absolute atomic E-state index is 0.219. The zero-order valence-corrected chi connectivity index (χ0v) is 17.1. The molecule has 2 N–H and O–H groups in total. The van der Waals surface area contributed by atoms with Crippen LogP contribution in [0.1, 0.15) is 11.3 Å². The smallest absolute Gasteiger partial charge is 0.293 e. The van der Waals surface area contributed by atoms with Crippen molar-refractivity contribution in [1.29, 1.82) is 0 Å². The molecule has 0 aliphatic carbocycles. The Morgan fingerprint density at radius 3 is 2.86 bits per heavy atom. The van der Waals surface area contributed by atoms with Crippen molar-refractivity contribution in [3.63, 3.8) is 0 Å². The van der Waals surface area contributed by atoms with Crippen molar-refractivity contribution in [3.8, 4) is 28.8 Å². The molecule has 0 unspecified atom stereocenters. The van der Waals surface area contributed by atoms with Crippen molar-refractivity contribution in [2.75, 3.05) is 5.73 Å². The van der Waals surface area contributed by atoms with E-state index >= 15 is 0 Å². The molecule has 0 radical (unpaired) electrons. The van der Waals surface area contributed by atoms with Crippen molar-refractivity contribution in [2.45, 2.75) is 13.5 Å². The summed E-state index contributed by atoms with van der Waals surface area (Å²) in [6, 6.07) is 14.5. The summed E-state index contributed by atoms with van der Waals surface area (Å²) >= 11 is 9.51. The summed E-state index contributed by atoms with van der Waals surface area (Å²) in [7, 11) is 0. The summed E-state index contributed by atoms with van der Waals surface area (Å²) in [6.45, 7) is 2.13. The Hall–Kier alpha value is -2.77. The van der Waals surface area contributed by atoms with Crippen LogP contribution in [-0.4, -0.2) is 10.1 Å². The number of halogens is 2. The molecule has 2 aromatic heterocycles. The van der Waals surface area contributed by atoms with Gasteiger partial charge in [-0.3, -0.25) is 0 Å². The fraction of sp³-hybridized carbons (Fsp3) is 0.100. The van der Waals surface area contributed by atoms with Gasteiger partial charge < -0.3 is 19.4 Å². The second kappa shape index (κ2) is 7.69. The third-order valence-electron chi connectivity index (χ3n) is 4.18. The Balaban J connectivity index is 1.50. The van der Waals surface area contributed by atoms with E-state index in [1.165, 1.54) is 0 Å². The average Bonchev–Trinajstić information content (AvgIpc) is 3.32. The van der Waals surface area contributed by atoms with Crippen LogP contribution in [0, 0.1) is 6.92 Å². The van der Waals surface area contributed by atoms with Gasteiger partial charge in [-0.15, -0.1) is 0 Å². The molecule has 6 nitrogen and oxygen atoms in total. The Labute approximate surface area is 174 Å². The second-order valence-corrected chi connectivity index (χ2v) is 7.40. The predicted molar refractivity (Wildman–Crippen MR) is 110 cm³/mol. The molecule has 4 aromatic rings. The molecule has 4 rings (SSSR count). The third-order valence-corrected chi connectivity index (χ3v) is 4.97. The summed E-state index contributed by atoms with van der Waals surface area (Å²) in [5.41, 5.74) is 8.34. The van der Waals surface area contributed by atoms with E-state index in [-0.39, 0.29) is 12.5 Å². The standard InChI is InChI=1S/C20H15BrClN3O3/c1-11-14(3-2-4-16(11)23)19-24-20(28-25-19)18-8-6-13(27-18)10-26-17-7-5-12(21)9-15(17)22/h2-9H,10,23H2,1H3. The van der Waals surface area contributed by atoms with Crippen LogP contribution in [0.2, 0.25) is 5.02 Å². The number of benzene rings is 2. The fourth-order valence-electron chi connectivity index (χ4n) is 2.64. The van der Waals surface area contributed by atoms with Gasteiger partial charge in [0.2, 0.25) is 5.82 Å². The van der Waals surface area contributed by atoms with Gasteiger partial charge in [-0.25, -0.2) is 0 Å². The summed E-state index contributed by atoms with van der Waals surface area (Å²) in [6.07, 6.45) is 0. The number of hydrogen-bond acceptors (Lipinski definition) is 6. The zero-order valence-electron chi connectivity index (χ0n) is 14.8. The maximum absolute atomic E-state index is 6.15. The minimum atomic E-state index is 0.219. The monoisotopic (exact) mass is 459 g/mol. The molecule has 0 spiro atoms. The summed E-state index contributed by atoms with van der Waals surface area (Å²) in [4.78, 5) is 4.41. The molecular weight excluding hydrogens is 446 g/mol. The number of aromatic nitrogens is 2. The molecular formula is C20H15BrClN3O3. The molecule has 2 heterocycles. The number of nitrogens with two attached hydrogens (primary N) is 1. The first-order valence-electron chi connectivity index (χ1n) is 8.37. The van der Waals surface area contributed by atoms with Gasteiger partial charge in [-0.05, 0) is 48.9 Å². The summed E-state index contributed by atoms with van der Waals surface area (Å²) in [5.74, 6) is 2.37. The number of ether oxygens (including phenoxy) is 1. The van der Waals surface area contributed by atoms with Crippen LogP contribution in [0.15, 0.2) is 61.9 Å². The Kier molecular flexibility index (Phi) is 5.11. The van der Waals surface area contributed by atoms with Gasteiger partial charge in [0.25, 0.3) is 5.89 Å². The van der Waals surface area contributed by atoms with E-state index in [1.807, 2.05) is 31.2 Å². The third kappa shape index (κ3) is 3.76. The summed E-state index contributed by atoms with van der Waals surface area (Å²) < 4.78 is 17.7. The van der Waals surface area contributed by atoms with E-state index in [0.717, 1.165) is 15.6 Å². The fourth-order valence-corrected chi connectivity index (χ4v) is 3.37. The molecule has 0 aliphatic heterocycles. The highest BCUT2D eigenvalue weighted by Gasteiger charge is 2.16. The lowest BCUT2D eigenvalue weighted by atomic mass is 10.1. The van der Waals surface area contributed by atoms with Crippen molar-refractivity contribution in [3.05, 3.63) is 69.3 Å². The highest BCUT2D eigenvalue weighted by atomic mass is 79.9. The number of nitrogens with zero attached hydrogens (tertiary/aromatic N) is 2. The Morgan fingerprint density at radius 1 is 1.18 bits per heavy atom. The largest absolute Gasteiger partial charge is 0.484 e. The Morgan fingerprint density at radius 2 is 2.04 bits per heavy atom. The molecule has 0 saturated heterocycles. The van der Waals surface area contributed by atoms with E-state index in [9.17, 15) is 0 Å². The summed E-state index contributed by atoms with van der Waals surface area (Å²) in [5, 5.41) is 4.55. The topological polar surface area (TPSA) is 87.3 Å². The lowest BCUT2D eigenvalue weighted by Crippen LogP contribution is -1.94. The number of rotatable bonds is 5. The molecule has 0 bridgehead atoms. The maximum Gasteiger partial charge on any atom is 0.293 e. The first-order chi connectivity index (χ1) is 13.5. The molecule has 0 aliphatic rings. The molecule has 0 amide bonds. The van der Waals surface area contributed by atoms with Crippen LogP contribution in [0.3, 0.4) is 0 Å². The predicted octanol–water partition coefficient (Wildman–Crippen LogP) is 5.88. The minimum Gasteiger partial charge on any atom is -0.484 e. The van der Waals surface area contributed by atoms with Crippen LogP contribution >= 0.6 is 27.5 Å². The molecule has 0 atom stereocenters. The van der Waals surface area contributed by atoms with Crippen LogP contribution in [0.5, 0.6) is 5.75 Å². The molecule has 0 fully saturated rings. The normalized spacial score (nSPS) is 11.0. The molecule has 8 heteroatoms. The molecule has 2 aromatic carbocycles. The van der Waals surface area contributed by atoms with E-state index in [2.05, 4.69) is 26.1 Å².